The highest BCUT2D eigenvalue weighted by Gasteiger charge is 2.32. The lowest BCUT2D eigenvalue weighted by Gasteiger charge is -2.37. The number of amides is 3. The molecular weight excluding hydrogens is 284 g/mol. The minimum Gasteiger partial charge on any atom is -0.453 e. The summed E-state index contributed by atoms with van der Waals surface area (Å²) < 4.78 is 4.49. The number of nitrogens with zero attached hydrogens (tertiary/aromatic N) is 2. The van der Waals surface area contributed by atoms with Gasteiger partial charge in [0.25, 0.3) is 0 Å². The van der Waals surface area contributed by atoms with E-state index in [0.717, 1.165) is 19.3 Å². The van der Waals surface area contributed by atoms with Crippen LogP contribution in [0.15, 0.2) is 4.99 Å². The first-order valence-corrected chi connectivity index (χ1v) is 7.88. The standard InChI is InChI=1S/C15H30N4O3/c1-6-9-10-16-13(20)19(11-7-2)15(4,8-3)18-12-17-14(21)22-5/h12H,6-11H2,1-5H3,(H,16,20)(H,17,18,21). The van der Waals surface area contributed by atoms with Gasteiger partial charge in [-0.15, -0.1) is 0 Å². The third kappa shape index (κ3) is 6.78. The van der Waals surface area contributed by atoms with E-state index < -0.39 is 11.8 Å². The molecule has 7 heteroatoms. The van der Waals surface area contributed by atoms with Crippen molar-refractivity contribution in [2.24, 2.45) is 4.99 Å². The molecule has 1 unspecified atom stereocenters. The summed E-state index contributed by atoms with van der Waals surface area (Å²) in [5.41, 5.74) is -0.715. The van der Waals surface area contributed by atoms with Gasteiger partial charge in [-0.3, -0.25) is 5.32 Å². The molecule has 1 atom stereocenters. The van der Waals surface area contributed by atoms with E-state index in [-0.39, 0.29) is 6.03 Å². The van der Waals surface area contributed by atoms with E-state index in [4.69, 9.17) is 0 Å². The van der Waals surface area contributed by atoms with Crippen molar-refractivity contribution in [3.8, 4) is 0 Å². The van der Waals surface area contributed by atoms with Crippen LogP contribution in [0.25, 0.3) is 0 Å². The molecule has 0 aromatic carbocycles. The average molecular weight is 314 g/mol. The van der Waals surface area contributed by atoms with Gasteiger partial charge >= 0.3 is 12.1 Å². The van der Waals surface area contributed by atoms with Crippen molar-refractivity contribution in [2.45, 2.75) is 59.0 Å². The summed E-state index contributed by atoms with van der Waals surface area (Å²) in [5.74, 6) is 0. The van der Waals surface area contributed by atoms with E-state index in [2.05, 4.69) is 27.3 Å². The van der Waals surface area contributed by atoms with E-state index in [1.165, 1.54) is 13.4 Å². The molecule has 0 bridgehead atoms. The van der Waals surface area contributed by atoms with Crippen molar-refractivity contribution in [1.82, 2.24) is 15.5 Å². The monoisotopic (exact) mass is 314 g/mol. The molecule has 2 N–H and O–H groups in total. The fourth-order valence-corrected chi connectivity index (χ4v) is 1.89. The molecule has 128 valence electrons. The molecule has 0 heterocycles. The Balaban J connectivity index is 4.95. The second-order valence-electron chi connectivity index (χ2n) is 5.20. The number of ether oxygens (including phenoxy) is 1. The minimum atomic E-state index is -0.715. The summed E-state index contributed by atoms with van der Waals surface area (Å²) >= 11 is 0. The predicted octanol–water partition coefficient (Wildman–Crippen LogP) is 2.72. The molecule has 0 aliphatic rings. The zero-order valence-electron chi connectivity index (χ0n) is 14.4. The number of rotatable bonds is 9. The van der Waals surface area contributed by atoms with Crippen LogP contribution in [0, 0.1) is 0 Å². The van der Waals surface area contributed by atoms with Crippen LogP contribution in [0.2, 0.25) is 0 Å². The minimum absolute atomic E-state index is 0.130. The largest absolute Gasteiger partial charge is 0.453 e. The van der Waals surface area contributed by atoms with Crippen molar-refractivity contribution < 1.29 is 14.3 Å². The Morgan fingerprint density at radius 1 is 1.27 bits per heavy atom. The van der Waals surface area contributed by atoms with Gasteiger partial charge in [0.15, 0.2) is 0 Å². The molecule has 7 nitrogen and oxygen atoms in total. The van der Waals surface area contributed by atoms with Gasteiger partial charge in [-0.25, -0.2) is 14.6 Å². The maximum Gasteiger partial charge on any atom is 0.412 e. The molecule has 0 aliphatic carbocycles. The summed E-state index contributed by atoms with van der Waals surface area (Å²) in [7, 11) is 1.28. The maximum absolute atomic E-state index is 12.4. The number of nitrogens with one attached hydrogen (secondary N) is 2. The number of urea groups is 1. The average Bonchev–Trinajstić information content (AvgIpc) is 2.52. The molecule has 0 aliphatic heterocycles. The summed E-state index contributed by atoms with van der Waals surface area (Å²) in [6.07, 6.45) is 4.14. The number of carbonyl (C=O) groups is 2. The molecule has 0 rings (SSSR count). The summed E-state index contributed by atoms with van der Waals surface area (Å²) in [4.78, 5) is 29.5. The van der Waals surface area contributed by atoms with Crippen LogP contribution in [0.5, 0.6) is 0 Å². The molecule has 0 aromatic rings. The first-order valence-electron chi connectivity index (χ1n) is 7.88. The number of unbranched alkanes of at least 4 members (excludes halogenated alkanes) is 1. The van der Waals surface area contributed by atoms with E-state index >= 15 is 0 Å². The van der Waals surface area contributed by atoms with Gasteiger partial charge in [0.05, 0.1) is 13.4 Å². The van der Waals surface area contributed by atoms with Crippen LogP contribution >= 0.6 is 0 Å². The summed E-state index contributed by atoms with van der Waals surface area (Å²) in [6.45, 7) is 9.17. The van der Waals surface area contributed by atoms with E-state index in [9.17, 15) is 9.59 Å². The van der Waals surface area contributed by atoms with Gasteiger partial charge in [-0.05, 0) is 26.2 Å². The SMILES string of the molecule is CCCCNC(=O)N(CCC)C(C)(CC)N=CNC(=O)OC. The van der Waals surface area contributed by atoms with Crippen LogP contribution in [-0.2, 0) is 4.74 Å². The maximum atomic E-state index is 12.4. The third-order valence-corrected chi connectivity index (χ3v) is 3.46. The van der Waals surface area contributed by atoms with Crippen LogP contribution in [0.1, 0.15) is 53.4 Å². The van der Waals surface area contributed by atoms with Crippen LogP contribution in [0.4, 0.5) is 9.59 Å². The molecular formula is C15H30N4O3. The molecule has 0 saturated carbocycles. The van der Waals surface area contributed by atoms with Gasteiger partial charge in [-0.1, -0.05) is 27.2 Å². The zero-order valence-corrected chi connectivity index (χ0v) is 14.4. The van der Waals surface area contributed by atoms with Crippen LogP contribution in [-0.4, -0.2) is 49.2 Å². The number of methoxy groups -OCH3 is 1. The lowest BCUT2D eigenvalue weighted by molar-refractivity contribution is 0.125. The van der Waals surface area contributed by atoms with E-state index in [1.807, 2.05) is 20.8 Å². The second-order valence-corrected chi connectivity index (χ2v) is 5.20. The fraction of sp³-hybridized carbons (Fsp3) is 0.800. The number of aliphatic imine (C=N–C) groups is 1. The summed E-state index contributed by atoms with van der Waals surface area (Å²) in [5, 5.41) is 5.32. The van der Waals surface area contributed by atoms with Gasteiger partial charge in [0, 0.05) is 13.1 Å². The summed E-state index contributed by atoms with van der Waals surface area (Å²) in [6, 6.07) is -0.130. The van der Waals surface area contributed by atoms with Crippen molar-refractivity contribution >= 4 is 18.5 Å². The highest BCUT2D eigenvalue weighted by Crippen LogP contribution is 2.21. The highest BCUT2D eigenvalue weighted by atomic mass is 16.5. The number of carbonyl (C=O) groups excluding carboxylic acids is 2. The molecule has 0 spiro atoms. The normalized spacial score (nSPS) is 13.5. The van der Waals surface area contributed by atoms with Crippen molar-refractivity contribution in [1.29, 1.82) is 0 Å². The van der Waals surface area contributed by atoms with Gasteiger partial charge in [0.1, 0.15) is 5.66 Å². The highest BCUT2D eigenvalue weighted by molar-refractivity contribution is 5.82. The molecule has 22 heavy (non-hydrogen) atoms. The second kappa shape index (κ2) is 10.9. The predicted molar refractivity (Wildman–Crippen MR) is 88.0 cm³/mol. The Hall–Kier alpha value is -1.79. The first-order chi connectivity index (χ1) is 10.4. The molecule has 3 amide bonds. The fourth-order valence-electron chi connectivity index (χ4n) is 1.89. The van der Waals surface area contributed by atoms with Crippen molar-refractivity contribution in [3.05, 3.63) is 0 Å². The third-order valence-electron chi connectivity index (χ3n) is 3.46. The smallest absolute Gasteiger partial charge is 0.412 e. The molecule has 0 radical (unpaired) electrons. The van der Waals surface area contributed by atoms with Crippen LogP contribution < -0.4 is 10.6 Å². The van der Waals surface area contributed by atoms with E-state index in [1.54, 1.807) is 4.90 Å². The number of alkyl carbamates (subject to hydrolysis) is 1. The number of hydrogen-bond acceptors (Lipinski definition) is 4. The van der Waals surface area contributed by atoms with Gasteiger partial charge in [-0.2, -0.15) is 0 Å². The Labute approximate surface area is 133 Å². The zero-order chi connectivity index (χ0) is 17.0. The first kappa shape index (κ1) is 20.2. The van der Waals surface area contributed by atoms with Gasteiger partial charge < -0.3 is 15.0 Å². The van der Waals surface area contributed by atoms with E-state index in [0.29, 0.717) is 19.5 Å². The van der Waals surface area contributed by atoms with Crippen LogP contribution in [0.3, 0.4) is 0 Å². The number of hydrogen-bond donors (Lipinski definition) is 2. The topological polar surface area (TPSA) is 83.0 Å². The Bertz CT molecular complexity index is 374. The lowest BCUT2D eigenvalue weighted by Crippen LogP contribution is -2.53. The van der Waals surface area contributed by atoms with Gasteiger partial charge in [0.2, 0.25) is 0 Å². The van der Waals surface area contributed by atoms with Crippen molar-refractivity contribution in [3.63, 3.8) is 0 Å². The Morgan fingerprint density at radius 2 is 1.95 bits per heavy atom. The lowest BCUT2D eigenvalue weighted by atomic mass is 10.1. The Kier molecular flexibility index (Phi) is 9.98. The molecule has 0 fully saturated rings. The Morgan fingerprint density at radius 3 is 2.45 bits per heavy atom. The molecule has 0 saturated heterocycles. The quantitative estimate of drug-likeness (QED) is 0.390. The molecule has 0 aromatic heterocycles. The van der Waals surface area contributed by atoms with Crippen molar-refractivity contribution in [2.75, 3.05) is 20.2 Å².